The van der Waals surface area contributed by atoms with Crippen molar-refractivity contribution in [2.75, 3.05) is 21.2 Å². The van der Waals surface area contributed by atoms with Crippen LogP contribution >= 0.6 is 0 Å². The van der Waals surface area contributed by atoms with Gasteiger partial charge in [-0.05, 0) is 46.0 Å². The van der Waals surface area contributed by atoms with Crippen LogP contribution in [0.15, 0.2) is 18.2 Å². The lowest BCUT2D eigenvalue weighted by atomic mass is 9.75. The minimum Gasteiger partial charge on any atom is -0.496 e. The number of carbonyl (C=O) groups is 1. The molecule has 1 aromatic carbocycles. The number of aryl methyl sites for hydroxylation is 1. The third kappa shape index (κ3) is 2.59. The van der Waals surface area contributed by atoms with Crippen molar-refractivity contribution >= 4 is 5.78 Å². The Morgan fingerprint density at radius 2 is 1.85 bits per heavy atom. The van der Waals surface area contributed by atoms with Crippen LogP contribution in [0.5, 0.6) is 5.75 Å². The van der Waals surface area contributed by atoms with Crippen molar-refractivity contribution in [2.24, 2.45) is 0 Å². The van der Waals surface area contributed by atoms with Crippen LogP contribution in [-0.4, -0.2) is 37.4 Å². The number of rotatable bonds is 4. The Kier molecular flexibility index (Phi) is 4.48. The molecule has 2 rings (SSSR count). The first-order valence-corrected chi connectivity index (χ1v) is 7.38. The standard InChI is InChI=1S/C17H25NO2/c1-13-8-9-15(20-4)14(12-13)16(19)17(18(2)3)10-6-5-7-11-17/h8-9,12H,5-7,10-11H2,1-4H3. The normalized spacial score (nSPS) is 18.1. The molecule has 0 aliphatic heterocycles. The summed E-state index contributed by atoms with van der Waals surface area (Å²) in [6.07, 6.45) is 5.36. The molecule has 3 nitrogen and oxygen atoms in total. The van der Waals surface area contributed by atoms with Gasteiger partial charge in [0.2, 0.25) is 0 Å². The van der Waals surface area contributed by atoms with Gasteiger partial charge in [0.05, 0.1) is 18.2 Å². The second kappa shape index (κ2) is 5.96. The molecule has 0 unspecified atom stereocenters. The molecule has 0 heterocycles. The molecule has 0 aromatic heterocycles. The number of benzene rings is 1. The minimum absolute atomic E-state index is 0.211. The average molecular weight is 275 g/mol. The summed E-state index contributed by atoms with van der Waals surface area (Å²) in [5.41, 5.74) is 1.46. The third-order valence-electron chi connectivity index (χ3n) is 4.56. The molecule has 1 aromatic rings. The van der Waals surface area contributed by atoms with E-state index in [9.17, 15) is 4.79 Å². The summed E-state index contributed by atoms with van der Waals surface area (Å²) in [4.78, 5) is 15.3. The van der Waals surface area contributed by atoms with E-state index in [1.807, 2.05) is 39.2 Å². The maximum absolute atomic E-state index is 13.2. The molecular formula is C17H25NO2. The van der Waals surface area contributed by atoms with Gasteiger partial charge < -0.3 is 4.74 Å². The number of nitrogens with zero attached hydrogens (tertiary/aromatic N) is 1. The SMILES string of the molecule is COc1ccc(C)cc1C(=O)C1(N(C)C)CCCCC1. The number of carbonyl (C=O) groups excluding carboxylic acids is 1. The van der Waals surface area contributed by atoms with Crippen molar-refractivity contribution in [3.63, 3.8) is 0 Å². The lowest BCUT2D eigenvalue weighted by Crippen LogP contribution is -2.52. The van der Waals surface area contributed by atoms with Crippen molar-refractivity contribution in [2.45, 2.75) is 44.6 Å². The molecular weight excluding hydrogens is 250 g/mol. The Bertz CT molecular complexity index is 488. The molecule has 20 heavy (non-hydrogen) atoms. The Hall–Kier alpha value is -1.35. The van der Waals surface area contributed by atoms with Crippen molar-refractivity contribution < 1.29 is 9.53 Å². The highest BCUT2D eigenvalue weighted by atomic mass is 16.5. The first kappa shape index (κ1) is 15.0. The van der Waals surface area contributed by atoms with Gasteiger partial charge in [0.15, 0.2) is 5.78 Å². The van der Waals surface area contributed by atoms with Gasteiger partial charge in [-0.25, -0.2) is 0 Å². The molecule has 110 valence electrons. The highest BCUT2D eigenvalue weighted by Gasteiger charge is 2.42. The summed E-state index contributed by atoms with van der Waals surface area (Å²) in [5, 5.41) is 0. The fraction of sp³-hybridized carbons (Fsp3) is 0.588. The lowest BCUT2D eigenvalue weighted by Gasteiger charge is -2.41. The van der Waals surface area contributed by atoms with Gasteiger partial charge in [0.1, 0.15) is 5.75 Å². The summed E-state index contributed by atoms with van der Waals surface area (Å²) in [5.74, 6) is 0.898. The molecule has 0 atom stereocenters. The lowest BCUT2D eigenvalue weighted by molar-refractivity contribution is 0.0561. The van der Waals surface area contributed by atoms with Crippen molar-refractivity contribution in [3.05, 3.63) is 29.3 Å². The van der Waals surface area contributed by atoms with Crippen LogP contribution in [0.25, 0.3) is 0 Å². The molecule has 0 spiro atoms. The van der Waals surface area contributed by atoms with Crippen molar-refractivity contribution in [1.29, 1.82) is 0 Å². The molecule has 0 radical (unpaired) electrons. The highest BCUT2D eigenvalue weighted by Crippen LogP contribution is 2.37. The zero-order valence-electron chi connectivity index (χ0n) is 13.0. The largest absolute Gasteiger partial charge is 0.496 e. The predicted molar refractivity (Wildman–Crippen MR) is 81.6 cm³/mol. The first-order valence-electron chi connectivity index (χ1n) is 7.38. The van der Waals surface area contributed by atoms with E-state index in [0.29, 0.717) is 5.75 Å². The van der Waals surface area contributed by atoms with Crippen LogP contribution in [0.4, 0.5) is 0 Å². The van der Waals surface area contributed by atoms with Crippen LogP contribution in [0.1, 0.15) is 48.0 Å². The molecule has 1 fully saturated rings. The Labute approximate surface area is 121 Å². The van der Waals surface area contributed by atoms with E-state index in [-0.39, 0.29) is 11.3 Å². The molecule has 0 saturated heterocycles. The zero-order valence-corrected chi connectivity index (χ0v) is 13.0. The second-order valence-electron chi connectivity index (χ2n) is 6.02. The van der Waals surface area contributed by atoms with Crippen LogP contribution in [0, 0.1) is 6.92 Å². The topological polar surface area (TPSA) is 29.5 Å². The number of ketones is 1. The van der Waals surface area contributed by atoms with Crippen molar-refractivity contribution in [1.82, 2.24) is 4.90 Å². The number of hydrogen-bond donors (Lipinski definition) is 0. The van der Waals surface area contributed by atoms with E-state index < -0.39 is 0 Å². The fourth-order valence-electron chi connectivity index (χ4n) is 3.26. The van der Waals surface area contributed by atoms with E-state index in [0.717, 1.165) is 36.8 Å². The van der Waals surface area contributed by atoms with E-state index in [4.69, 9.17) is 4.74 Å². The predicted octanol–water partition coefficient (Wildman–Crippen LogP) is 3.45. The molecule has 1 aliphatic carbocycles. The maximum Gasteiger partial charge on any atom is 0.186 e. The van der Waals surface area contributed by atoms with E-state index >= 15 is 0 Å². The van der Waals surface area contributed by atoms with E-state index in [2.05, 4.69) is 4.90 Å². The molecule has 0 bridgehead atoms. The summed E-state index contributed by atoms with van der Waals surface area (Å²) >= 11 is 0. The highest BCUT2D eigenvalue weighted by molar-refractivity contribution is 6.05. The number of ether oxygens (including phenoxy) is 1. The second-order valence-corrected chi connectivity index (χ2v) is 6.02. The first-order chi connectivity index (χ1) is 9.51. The molecule has 0 amide bonds. The van der Waals surface area contributed by atoms with Gasteiger partial charge in [-0.2, -0.15) is 0 Å². The summed E-state index contributed by atoms with van der Waals surface area (Å²) < 4.78 is 5.40. The van der Waals surface area contributed by atoms with Gasteiger partial charge in [0, 0.05) is 0 Å². The van der Waals surface area contributed by atoms with Crippen LogP contribution < -0.4 is 4.74 Å². The van der Waals surface area contributed by atoms with Gasteiger partial charge in [-0.15, -0.1) is 0 Å². The number of likely N-dealkylation sites (N-methyl/N-ethyl adjacent to an activating group) is 1. The van der Waals surface area contributed by atoms with Crippen molar-refractivity contribution in [3.8, 4) is 5.75 Å². The molecule has 0 N–H and O–H groups in total. The van der Waals surface area contributed by atoms with Gasteiger partial charge in [-0.3, -0.25) is 9.69 Å². The van der Waals surface area contributed by atoms with Crippen LogP contribution in [0.3, 0.4) is 0 Å². The summed E-state index contributed by atoms with van der Waals surface area (Å²) in [6, 6.07) is 5.84. The molecule has 3 heteroatoms. The van der Waals surface area contributed by atoms with E-state index in [1.54, 1.807) is 7.11 Å². The zero-order chi connectivity index (χ0) is 14.8. The van der Waals surface area contributed by atoms with E-state index in [1.165, 1.54) is 6.42 Å². The van der Waals surface area contributed by atoms with Gasteiger partial charge >= 0.3 is 0 Å². The third-order valence-corrected chi connectivity index (χ3v) is 4.56. The van der Waals surface area contributed by atoms with Crippen LogP contribution in [0.2, 0.25) is 0 Å². The minimum atomic E-state index is -0.362. The Morgan fingerprint density at radius 3 is 2.40 bits per heavy atom. The Morgan fingerprint density at radius 1 is 1.20 bits per heavy atom. The monoisotopic (exact) mass is 275 g/mol. The smallest absolute Gasteiger partial charge is 0.186 e. The number of methoxy groups -OCH3 is 1. The average Bonchev–Trinajstić information content (AvgIpc) is 2.47. The summed E-state index contributed by atoms with van der Waals surface area (Å²) in [6.45, 7) is 2.01. The van der Waals surface area contributed by atoms with Gasteiger partial charge in [0.25, 0.3) is 0 Å². The quantitative estimate of drug-likeness (QED) is 0.788. The molecule has 1 aliphatic rings. The van der Waals surface area contributed by atoms with Crippen LogP contribution in [-0.2, 0) is 0 Å². The Balaban J connectivity index is 2.44. The number of Topliss-reactive ketones (excluding diaryl/α,β-unsaturated/α-hetero) is 1. The molecule has 1 saturated carbocycles. The summed E-state index contributed by atoms with van der Waals surface area (Å²) in [7, 11) is 5.67. The number of hydrogen-bond acceptors (Lipinski definition) is 3. The fourth-order valence-corrected chi connectivity index (χ4v) is 3.26. The van der Waals surface area contributed by atoms with Gasteiger partial charge in [-0.1, -0.05) is 30.9 Å². The maximum atomic E-state index is 13.2.